The number of para-hydroxylation sites is 1. The first-order valence-corrected chi connectivity index (χ1v) is 11.3. The Hall–Kier alpha value is -3.59. The van der Waals surface area contributed by atoms with E-state index in [1.54, 1.807) is 41.3 Å². The lowest BCUT2D eigenvalue weighted by atomic mass is 9.96. The summed E-state index contributed by atoms with van der Waals surface area (Å²) >= 11 is 6.32. The van der Waals surface area contributed by atoms with Crippen LogP contribution >= 0.6 is 11.6 Å². The fourth-order valence-electron chi connectivity index (χ4n) is 4.22. The minimum absolute atomic E-state index is 0.210. The molecule has 3 aromatic carbocycles. The zero-order valence-electron chi connectivity index (χ0n) is 19.1. The van der Waals surface area contributed by atoms with Crippen LogP contribution in [0.15, 0.2) is 54.6 Å². The number of nitrogens with one attached hydrogen (secondary N) is 1. The third-order valence-electron chi connectivity index (χ3n) is 5.98. The van der Waals surface area contributed by atoms with E-state index in [1.807, 2.05) is 0 Å². The number of carbonyl (C=O) groups is 2. The monoisotopic (exact) mass is 520 g/mol. The van der Waals surface area contributed by atoms with Crippen LogP contribution in [0.1, 0.15) is 32.6 Å². The van der Waals surface area contributed by atoms with Crippen molar-refractivity contribution in [1.29, 1.82) is 0 Å². The molecule has 10 heteroatoms. The van der Waals surface area contributed by atoms with Gasteiger partial charge in [0.1, 0.15) is 11.6 Å². The molecule has 0 radical (unpaired) electrons. The molecule has 3 aromatic rings. The van der Waals surface area contributed by atoms with Crippen molar-refractivity contribution in [3.05, 3.63) is 93.3 Å². The standard InChI is InChI=1S/C26H21ClF4N2O3/c1-36-21-8-3-2-6-18(21)25(35)33-12-11-17-16(14-33)9-10-20(27)24(17)32-22(34)13-15-5-4-7-19(23(15)28)26(29,30)31/h2-10H,11-14H2,1H3,(H,32,34). The quantitative estimate of drug-likeness (QED) is 0.427. The van der Waals surface area contributed by atoms with Crippen LogP contribution in [0.5, 0.6) is 5.75 Å². The molecule has 0 spiro atoms. The molecule has 2 amide bonds. The summed E-state index contributed by atoms with van der Waals surface area (Å²) in [5.74, 6) is -1.94. The van der Waals surface area contributed by atoms with Crippen LogP contribution in [-0.2, 0) is 30.4 Å². The zero-order chi connectivity index (χ0) is 26.0. The van der Waals surface area contributed by atoms with E-state index in [1.165, 1.54) is 7.11 Å². The second-order valence-corrected chi connectivity index (χ2v) is 8.65. The van der Waals surface area contributed by atoms with Crippen LogP contribution in [0.2, 0.25) is 5.02 Å². The van der Waals surface area contributed by atoms with E-state index in [0.717, 1.165) is 17.7 Å². The van der Waals surface area contributed by atoms with Gasteiger partial charge in [0.05, 0.1) is 35.4 Å². The van der Waals surface area contributed by atoms with Crippen molar-refractivity contribution in [3.63, 3.8) is 0 Å². The molecule has 0 fully saturated rings. The molecule has 1 aliphatic rings. The van der Waals surface area contributed by atoms with Gasteiger partial charge in [-0.15, -0.1) is 0 Å². The van der Waals surface area contributed by atoms with Gasteiger partial charge in [-0.1, -0.05) is 41.9 Å². The lowest BCUT2D eigenvalue weighted by molar-refractivity contribution is -0.140. The van der Waals surface area contributed by atoms with Gasteiger partial charge >= 0.3 is 6.18 Å². The highest BCUT2D eigenvalue weighted by atomic mass is 35.5. The topological polar surface area (TPSA) is 58.6 Å². The molecule has 1 heterocycles. The van der Waals surface area contributed by atoms with E-state index in [0.29, 0.717) is 41.6 Å². The highest BCUT2D eigenvalue weighted by molar-refractivity contribution is 6.34. The molecule has 0 saturated carbocycles. The molecule has 36 heavy (non-hydrogen) atoms. The van der Waals surface area contributed by atoms with Gasteiger partial charge in [0.15, 0.2) is 0 Å². The lowest BCUT2D eigenvalue weighted by Crippen LogP contribution is -2.36. The highest BCUT2D eigenvalue weighted by Gasteiger charge is 2.35. The molecule has 4 rings (SSSR count). The van der Waals surface area contributed by atoms with Crippen molar-refractivity contribution in [2.75, 3.05) is 19.0 Å². The minimum Gasteiger partial charge on any atom is -0.496 e. The predicted molar refractivity (Wildman–Crippen MR) is 127 cm³/mol. The Labute approximate surface area is 209 Å². The number of fused-ring (bicyclic) bond motifs is 1. The summed E-state index contributed by atoms with van der Waals surface area (Å²) in [4.78, 5) is 27.4. The summed E-state index contributed by atoms with van der Waals surface area (Å²) < 4.78 is 58.6. The van der Waals surface area contributed by atoms with E-state index in [9.17, 15) is 27.2 Å². The number of hydrogen-bond acceptors (Lipinski definition) is 3. The van der Waals surface area contributed by atoms with Gasteiger partial charge in [0.25, 0.3) is 5.91 Å². The highest BCUT2D eigenvalue weighted by Crippen LogP contribution is 2.35. The first kappa shape index (κ1) is 25.5. The van der Waals surface area contributed by atoms with Gasteiger partial charge in [-0.05, 0) is 47.4 Å². The summed E-state index contributed by atoms with van der Waals surface area (Å²) in [6.07, 6.45) is -5.09. The molecule has 0 aliphatic carbocycles. The van der Waals surface area contributed by atoms with Crippen molar-refractivity contribution >= 4 is 29.1 Å². The fraction of sp³-hybridized carbons (Fsp3) is 0.231. The van der Waals surface area contributed by atoms with Crippen LogP contribution in [-0.4, -0.2) is 30.4 Å². The molecule has 1 aliphatic heterocycles. The Bertz CT molecular complexity index is 1330. The largest absolute Gasteiger partial charge is 0.496 e. The van der Waals surface area contributed by atoms with Crippen molar-refractivity contribution < 1.29 is 31.9 Å². The number of nitrogens with zero attached hydrogens (tertiary/aromatic N) is 1. The third kappa shape index (κ3) is 5.16. The molecule has 0 aromatic heterocycles. The Morgan fingerprint density at radius 1 is 1.08 bits per heavy atom. The number of halogens is 5. The van der Waals surface area contributed by atoms with Gasteiger partial charge in [-0.3, -0.25) is 9.59 Å². The molecule has 0 bridgehead atoms. The van der Waals surface area contributed by atoms with E-state index in [-0.39, 0.29) is 23.0 Å². The van der Waals surface area contributed by atoms with Crippen molar-refractivity contribution in [1.82, 2.24) is 4.90 Å². The average Bonchev–Trinajstić information content (AvgIpc) is 2.85. The summed E-state index contributed by atoms with van der Waals surface area (Å²) in [5.41, 5.74) is 0.392. The maximum atomic E-state index is 14.4. The third-order valence-corrected chi connectivity index (χ3v) is 6.29. The number of methoxy groups -OCH3 is 1. The fourth-order valence-corrected chi connectivity index (χ4v) is 4.44. The number of rotatable bonds is 5. The van der Waals surface area contributed by atoms with E-state index >= 15 is 0 Å². The molecule has 0 saturated heterocycles. The number of amides is 2. The lowest BCUT2D eigenvalue weighted by Gasteiger charge is -2.31. The summed E-state index contributed by atoms with van der Waals surface area (Å²) in [6.45, 7) is 0.601. The second-order valence-electron chi connectivity index (χ2n) is 8.24. The van der Waals surface area contributed by atoms with Gasteiger partial charge in [-0.25, -0.2) is 4.39 Å². The second kappa shape index (κ2) is 10.2. The van der Waals surface area contributed by atoms with Gasteiger partial charge in [0.2, 0.25) is 5.91 Å². The van der Waals surface area contributed by atoms with E-state index in [2.05, 4.69) is 5.32 Å². The van der Waals surface area contributed by atoms with Crippen molar-refractivity contribution in [3.8, 4) is 5.75 Å². The maximum Gasteiger partial charge on any atom is 0.419 e. The smallest absolute Gasteiger partial charge is 0.419 e. The average molecular weight is 521 g/mol. The Morgan fingerprint density at radius 3 is 2.56 bits per heavy atom. The first-order valence-electron chi connectivity index (χ1n) is 11.0. The minimum atomic E-state index is -4.87. The molecular weight excluding hydrogens is 500 g/mol. The Morgan fingerprint density at radius 2 is 1.83 bits per heavy atom. The predicted octanol–water partition coefficient (Wildman–Crippen LogP) is 5.89. The van der Waals surface area contributed by atoms with Crippen LogP contribution in [0.3, 0.4) is 0 Å². The zero-order valence-corrected chi connectivity index (χ0v) is 19.8. The normalized spacial score (nSPS) is 13.2. The summed E-state index contributed by atoms with van der Waals surface area (Å²) in [5, 5.41) is 2.86. The molecule has 0 unspecified atom stereocenters. The number of carbonyl (C=O) groups excluding carboxylic acids is 2. The molecule has 1 N–H and O–H groups in total. The van der Waals surface area contributed by atoms with Crippen LogP contribution in [0, 0.1) is 5.82 Å². The van der Waals surface area contributed by atoms with Crippen molar-refractivity contribution in [2.45, 2.75) is 25.6 Å². The molecule has 5 nitrogen and oxygen atoms in total. The molecular formula is C26H21ClF4N2O3. The molecule has 0 atom stereocenters. The number of benzene rings is 3. The van der Waals surface area contributed by atoms with E-state index < -0.39 is 29.9 Å². The first-order chi connectivity index (χ1) is 17.1. The number of anilines is 1. The van der Waals surface area contributed by atoms with Gasteiger partial charge in [0, 0.05) is 13.1 Å². The Balaban J connectivity index is 1.53. The van der Waals surface area contributed by atoms with Gasteiger partial charge < -0.3 is 15.0 Å². The SMILES string of the molecule is COc1ccccc1C(=O)N1CCc2c(ccc(Cl)c2NC(=O)Cc2cccc(C(F)(F)F)c2F)C1. The van der Waals surface area contributed by atoms with Crippen LogP contribution in [0.25, 0.3) is 0 Å². The van der Waals surface area contributed by atoms with E-state index in [4.69, 9.17) is 16.3 Å². The van der Waals surface area contributed by atoms with Crippen LogP contribution in [0.4, 0.5) is 23.2 Å². The van der Waals surface area contributed by atoms with Gasteiger partial charge in [-0.2, -0.15) is 13.2 Å². The number of ether oxygens (including phenoxy) is 1. The maximum absolute atomic E-state index is 14.4. The molecule has 188 valence electrons. The summed E-state index contributed by atoms with van der Waals surface area (Å²) in [6, 6.07) is 13.0. The number of hydrogen-bond donors (Lipinski definition) is 1. The Kier molecular flexibility index (Phi) is 7.21. The summed E-state index contributed by atoms with van der Waals surface area (Å²) in [7, 11) is 1.49. The number of alkyl halides is 3. The van der Waals surface area contributed by atoms with Crippen LogP contribution < -0.4 is 10.1 Å². The van der Waals surface area contributed by atoms with Crippen molar-refractivity contribution in [2.24, 2.45) is 0 Å².